The first kappa shape index (κ1) is 11.1. The molecule has 3 heteroatoms. The summed E-state index contributed by atoms with van der Waals surface area (Å²) in [5.41, 5.74) is 1.22. The Morgan fingerprint density at radius 2 is 2.38 bits per heavy atom. The van der Waals surface area contributed by atoms with Crippen LogP contribution in [0.4, 0.5) is 0 Å². The van der Waals surface area contributed by atoms with Gasteiger partial charge < -0.3 is 4.90 Å². The Morgan fingerprint density at radius 1 is 1.56 bits per heavy atom. The van der Waals surface area contributed by atoms with Crippen LogP contribution in [-0.4, -0.2) is 28.9 Å². The molecule has 0 radical (unpaired) electrons. The first-order valence-corrected chi connectivity index (χ1v) is 5.87. The van der Waals surface area contributed by atoms with Crippen molar-refractivity contribution in [2.75, 3.05) is 7.05 Å². The summed E-state index contributed by atoms with van der Waals surface area (Å²) in [6.45, 7) is 2.16. The number of hydrogen-bond donors (Lipinski definition) is 0. The Kier molecular flexibility index (Phi) is 3.22. The molecule has 1 aliphatic rings. The van der Waals surface area contributed by atoms with Crippen LogP contribution in [0.1, 0.15) is 25.3 Å². The van der Waals surface area contributed by atoms with Crippen molar-refractivity contribution in [2.24, 2.45) is 5.92 Å². The van der Waals surface area contributed by atoms with Gasteiger partial charge in [-0.3, -0.25) is 9.78 Å². The Labute approximate surface area is 96.5 Å². The first-order valence-electron chi connectivity index (χ1n) is 5.87. The summed E-state index contributed by atoms with van der Waals surface area (Å²) in [5.74, 6) is 0.776. The Hall–Kier alpha value is -1.38. The number of rotatable bonds is 3. The molecule has 1 saturated heterocycles. The van der Waals surface area contributed by atoms with Gasteiger partial charge in [-0.05, 0) is 24.0 Å². The fourth-order valence-electron chi connectivity index (χ4n) is 2.49. The number of nitrogens with zero attached hydrogens (tertiary/aromatic N) is 2. The Bertz CT molecular complexity index is 363. The maximum Gasteiger partial charge on any atom is 0.222 e. The molecule has 0 aromatic carbocycles. The molecular weight excluding hydrogens is 200 g/mol. The van der Waals surface area contributed by atoms with E-state index >= 15 is 0 Å². The molecule has 1 fully saturated rings. The van der Waals surface area contributed by atoms with Crippen LogP contribution in [0.15, 0.2) is 24.5 Å². The smallest absolute Gasteiger partial charge is 0.222 e. The van der Waals surface area contributed by atoms with E-state index in [1.165, 1.54) is 5.56 Å². The highest BCUT2D eigenvalue weighted by atomic mass is 16.2. The van der Waals surface area contributed by atoms with Gasteiger partial charge in [0.15, 0.2) is 0 Å². The zero-order valence-corrected chi connectivity index (χ0v) is 9.89. The van der Waals surface area contributed by atoms with E-state index < -0.39 is 0 Å². The molecule has 1 aromatic heterocycles. The Balaban J connectivity index is 2.11. The van der Waals surface area contributed by atoms with Crippen LogP contribution in [0.25, 0.3) is 0 Å². The van der Waals surface area contributed by atoms with Gasteiger partial charge in [0.25, 0.3) is 0 Å². The molecule has 3 nitrogen and oxygen atoms in total. The van der Waals surface area contributed by atoms with Crippen molar-refractivity contribution >= 4 is 5.91 Å². The first-order chi connectivity index (χ1) is 7.72. The summed E-state index contributed by atoms with van der Waals surface area (Å²) in [6, 6.07) is 4.38. The van der Waals surface area contributed by atoms with E-state index in [0.29, 0.717) is 18.4 Å². The molecule has 2 heterocycles. The third kappa shape index (κ3) is 2.08. The summed E-state index contributed by atoms with van der Waals surface area (Å²) < 4.78 is 0. The number of carbonyl (C=O) groups is 1. The highest BCUT2D eigenvalue weighted by molar-refractivity contribution is 5.79. The third-order valence-corrected chi connectivity index (χ3v) is 3.56. The second kappa shape index (κ2) is 4.64. The normalized spacial score (nSPS) is 25.1. The molecule has 0 saturated carbocycles. The van der Waals surface area contributed by atoms with Gasteiger partial charge in [0, 0.05) is 31.9 Å². The number of carbonyl (C=O) groups excluding carboxylic acids is 1. The predicted octanol–water partition coefficient (Wildman–Crippen LogP) is 1.88. The van der Waals surface area contributed by atoms with Crippen molar-refractivity contribution in [1.29, 1.82) is 0 Å². The zero-order chi connectivity index (χ0) is 11.5. The molecule has 2 atom stereocenters. The molecule has 0 spiro atoms. The topological polar surface area (TPSA) is 33.2 Å². The molecule has 1 aliphatic heterocycles. The molecular formula is C13H18N2O. The number of aromatic nitrogens is 1. The van der Waals surface area contributed by atoms with Crippen molar-refractivity contribution in [3.8, 4) is 0 Å². The summed E-state index contributed by atoms with van der Waals surface area (Å²) in [7, 11) is 1.92. The minimum atomic E-state index is 0.278. The lowest BCUT2D eigenvalue weighted by Crippen LogP contribution is -2.33. The zero-order valence-electron chi connectivity index (χ0n) is 9.89. The van der Waals surface area contributed by atoms with Crippen molar-refractivity contribution in [1.82, 2.24) is 9.88 Å². The maximum absolute atomic E-state index is 11.7. The predicted molar refractivity (Wildman–Crippen MR) is 62.9 cm³/mol. The van der Waals surface area contributed by atoms with Gasteiger partial charge in [0.1, 0.15) is 0 Å². The van der Waals surface area contributed by atoms with Crippen molar-refractivity contribution in [3.63, 3.8) is 0 Å². The van der Waals surface area contributed by atoms with Crippen LogP contribution in [0, 0.1) is 5.92 Å². The molecule has 0 aliphatic carbocycles. The van der Waals surface area contributed by atoms with E-state index in [4.69, 9.17) is 0 Å². The van der Waals surface area contributed by atoms with Crippen LogP contribution >= 0.6 is 0 Å². The van der Waals surface area contributed by atoms with Gasteiger partial charge in [0.05, 0.1) is 0 Å². The highest BCUT2D eigenvalue weighted by Gasteiger charge is 2.35. The molecule has 16 heavy (non-hydrogen) atoms. The average Bonchev–Trinajstić information content (AvgIpc) is 2.58. The van der Waals surface area contributed by atoms with Crippen LogP contribution < -0.4 is 0 Å². The van der Waals surface area contributed by atoms with Gasteiger partial charge in [0.2, 0.25) is 5.91 Å². The maximum atomic E-state index is 11.7. The number of amides is 1. The van der Waals surface area contributed by atoms with Gasteiger partial charge in [-0.2, -0.15) is 0 Å². The van der Waals surface area contributed by atoms with Crippen molar-refractivity contribution in [2.45, 2.75) is 32.2 Å². The summed E-state index contributed by atoms with van der Waals surface area (Å²) >= 11 is 0. The quantitative estimate of drug-likeness (QED) is 0.776. The minimum absolute atomic E-state index is 0.278. The lowest BCUT2D eigenvalue weighted by molar-refractivity contribution is -0.127. The van der Waals surface area contributed by atoms with E-state index in [1.807, 2.05) is 24.2 Å². The second-order valence-corrected chi connectivity index (χ2v) is 4.51. The largest absolute Gasteiger partial charge is 0.342 e. The van der Waals surface area contributed by atoms with Gasteiger partial charge in [-0.25, -0.2) is 0 Å². The molecule has 2 unspecified atom stereocenters. The van der Waals surface area contributed by atoms with Crippen molar-refractivity contribution < 1.29 is 4.79 Å². The van der Waals surface area contributed by atoms with Gasteiger partial charge in [-0.1, -0.05) is 19.4 Å². The lowest BCUT2D eigenvalue weighted by atomic mass is 9.93. The lowest BCUT2D eigenvalue weighted by Gasteiger charge is -2.24. The number of likely N-dealkylation sites (N-methyl/N-ethyl adjacent to an activating group) is 1. The van der Waals surface area contributed by atoms with E-state index in [9.17, 15) is 4.79 Å². The fraction of sp³-hybridized carbons (Fsp3) is 0.538. The molecule has 1 amide bonds. The molecule has 0 N–H and O–H groups in total. The highest BCUT2D eigenvalue weighted by Crippen LogP contribution is 2.29. The third-order valence-electron chi connectivity index (χ3n) is 3.56. The summed E-state index contributed by atoms with van der Waals surface area (Å²) in [6.07, 6.45) is 6.38. The number of pyridine rings is 1. The monoisotopic (exact) mass is 218 g/mol. The van der Waals surface area contributed by atoms with E-state index in [-0.39, 0.29) is 5.91 Å². The average molecular weight is 218 g/mol. The van der Waals surface area contributed by atoms with Crippen LogP contribution in [0.5, 0.6) is 0 Å². The Morgan fingerprint density at radius 3 is 3.00 bits per heavy atom. The minimum Gasteiger partial charge on any atom is -0.342 e. The van der Waals surface area contributed by atoms with E-state index in [0.717, 1.165) is 12.8 Å². The molecule has 2 rings (SSSR count). The van der Waals surface area contributed by atoms with Crippen molar-refractivity contribution in [3.05, 3.63) is 30.1 Å². The fourth-order valence-corrected chi connectivity index (χ4v) is 2.49. The molecule has 1 aromatic rings. The van der Waals surface area contributed by atoms with Crippen LogP contribution in [0.2, 0.25) is 0 Å². The SMILES string of the molecule is CCC1CC(=O)N(C)C1Cc1cccnc1. The van der Waals surface area contributed by atoms with E-state index in [1.54, 1.807) is 6.20 Å². The van der Waals surface area contributed by atoms with Gasteiger partial charge in [-0.15, -0.1) is 0 Å². The number of hydrogen-bond acceptors (Lipinski definition) is 2. The van der Waals surface area contributed by atoms with Gasteiger partial charge >= 0.3 is 0 Å². The number of likely N-dealkylation sites (tertiary alicyclic amines) is 1. The van der Waals surface area contributed by atoms with Crippen LogP contribution in [-0.2, 0) is 11.2 Å². The second-order valence-electron chi connectivity index (χ2n) is 4.51. The standard InChI is InChI=1S/C13H18N2O/c1-3-11-8-13(16)15(2)12(11)7-10-5-4-6-14-9-10/h4-6,9,11-12H,3,7-8H2,1-2H3. The summed E-state index contributed by atoms with van der Waals surface area (Å²) in [4.78, 5) is 17.7. The van der Waals surface area contributed by atoms with E-state index in [2.05, 4.69) is 18.0 Å². The molecule has 0 bridgehead atoms. The summed E-state index contributed by atoms with van der Waals surface area (Å²) in [5, 5.41) is 0. The molecule has 86 valence electrons. The van der Waals surface area contributed by atoms with Crippen LogP contribution in [0.3, 0.4) is 0 Å².